The molecule has 1 rings (SSSR count). The van der Waals surface area contributed by atoms with Gasteiger partial charge >= 0.3 is 0 Å². The van der Waals surface area contributed by atoms with Crippen molar-refractivity contribution >= 4 is 11.3 Å². The fraction of sp³-hybridized carbons (Fsp3) is 0.571. The van der Waals surface area contributed by atoms with E-state index in [1.54, 1.807) is 11.3 Å². The molecule has 0 fully saturated rings. The Labute approximate surface area is 113 Å². The maximum Gasteiger partial charge on any atom is 0.104 e. The van der Waals surface area contributed by atoms with Crippen molar-refractivity contribution in [3.05, 3.63) is 21.9 Å². The van der Waals surface area contributed by atoms with Crippen LogP contribution in [0, 0.1) is 11.8 Å². The van der Waals surface area contributed by atoms with E-state index in [0.717, 1.165) is 29.2 Å². The van der Waals surface area contributed by atoms with Gasteiger partial charge < -0.3 is 14.6 Å². The van der Waals surface area contributed by atoms with Crippen LogP contribution >= 0.6 is 11.3 Å². The molecule has 0 unspecified atom stereocenters. The van der Waals surface area contributed by atoms with Gasteiger partial charge in [-0.3, -0.25) is 0 Å². The molecule has 4 heteroatoms. The average Bonchev–Trinajstić information content (AvgIpc) is 2.83. The molecule has 0 amide bonds. The summed E-state index contributed by atoms with van der Waals surface area (Å²) in [6.07, 6.45) is 2.27. The summed E-state index contributed by atoms with van der Waals surface area (Å²) >= 11 is 1.59. The van der Waals surface area contributed by atoms with E-state index in [4.69, 9.17) is 14.6 Å². The Kier molecular flexibility index (Phi) is 8.53. The summed E-state index contributed by atoms with van der Waals surface area (Å²) in [6, 6.07) is 3.95. The van der Waals surface area contributed by atoms with Crippen molar-refractivity contribution in [1.82, 2.24) is 0 Å². The number of aliphatic hydroxyl groups is 1. The predicted octanol–water partition coefficient (Wildman–Crippen LogP) is 2.43. The van der Waals surface area contributed by atoms with Crippen LogP contribution in [0.4, 0.5) is 0 Å². The van der Waals surface area contributed by atoms with E-state index >= 15 is 0 Å². The van der Waals surface area contributed by atoms with Crippen molar-refractivity contribution in [3.63, 3.8) is 0 Å². The van der Waals surface area contributed by atoms with Crippen LogP contribution in [0.15, 0.2) is 12.1 Å². The minimum absolute atomic E-state index is 0.0984. The normalized spacial score (nSPS) is 10.1. The zero-order valence-electron chi connectivity index (χ0n) is 10.8. The Morgan fingerprint density at radius 3 is 2.83 bits per heavy atom. The smallest absolute Gasteiger partial charge is 0.104 e. The lowest BCUT2D eigenvalue weighted by molar-refractivity contribution is 0.0406. The van der Waals surface area contributed by atoms with Gasteiger partial charge in [-0.25, -0.2) is 0 Å². The highest BCUT2D eigenvalue weighted by Crippen LogP contribution is 2.16. The number of ether oxygens (including phenoxy) is 2. The highest BCUT2D eigenvalue weighted by atomic mass is 32.1. The van der Waals surface area contributed by atoms with E-state index in [1.165, 1.54) is 0 Å². The molecule has 18 heavy (non-hydrogen) atoms. The number of unbranched alkanes of at least 4 members (excludes halogenated alkanes) is 1. The Bertz CT molecular complexity index is 376. The molecule has 0 bridgehead atoms. The van der Waals surface area contributed by atoms with E-state index < -0.39 is 0 Å². The fourth-order valence-corrected chi connectivity index (χ4v) is 2.11. The van der Waals surface area contributed by atoms with Crippen LogP contribution in [0.2, 0.25) is 0 Å². The summed E-state index contributed by atoms with van der Waals surface area (Å²) in [5, 5.41) is 8.59. The topological polar surface area (TPSA) is 38.7 Å². The lowest BCUT2D eigenvalue weighted by Crippen LogP contribution is -2.04. The molecule has 1 N–H and O–H groups in total. The first-order valence-electron chi connectivity index (χ1n) is 6.20. The Morgan fingerprint density at radius 2 is 2.06 bits per heavy atom. The first kappa shape index (κ1) is 15.2. The monoisotopic (exact) mass is 268 g/mol. The molecule has 0 aliphatic heterocycles. The zero-order valence-corrected chi connectivity index (χ0v) is 11.6. The highest BCUT2D eigenvalue weighted by molar-refractivity contribution is 7.12. The Hall–Kier alpha value is -0.860. The molecule has 0 atom stereocenters. The number of hydrogen-bond acceptors (Lipinski definition) is 4. The van der Waals surface area contributed by atoms with Gasteiger partial charge in [0.1, 0.15) is 6.61 Å². The van der Waals surface area contributed by atoms with Crippen LogP contribution in [0.3, 0.4) is 0 Å². The summed E-state index contributed by atoms with van der Waals surface area (Å²) in [4.78, 5) is 2.10. The molecule has 0 radical (unpaired) electrons. The third-order valence-electron chi connectivity index (χ3n) is 2.21. The molecule has 3 nitrogen and oxygen atoms in total. The maximum absolute atomic E-state index is 8.59. The van der Waals surface area contributed by atoms with Crippen molar-refractivity contribution in [3.8, 4) is 11.8 Å². The van der Waals surface area contributed by atoms with Gasteiger partial charge in [-0.15, -0.1) is 11.3 Å². The lowest BCUT2D eigenvalue weighted by Gasteiger charge is -2.03. The average molecular weight is 268 g/mol. The predicted molar refractivity (Wildman–Crippen MR) is 73.7 cm³/mol. The first-order valence-corrected chi connectivity index (χ1v) is 7.02. The van der Waals surface area contributed by atoms with Crippen molar-refractivity contribution in [1.29, 1.82) is 0 Å². The van der Waals surface area contributed by atoms with Crippen LogP contribution in [0.5, 0.6) is 0 Å². The van der Waals surface area contributed by atoms with Crippen LogP contribution < -0.4 is 0 Å². The molecular formula is C14H20O3S. The van der Waals surface area contributed by atoms with Crippen molar-refractivity contribution in [2.45, 2.75) is 26.4 Å². The van der Waals surface area contributed by atoms with E-state index in [-0.39, 0.29) is 6.61 Å². The molecule has 0 spiro atoms. The van der Waals surface area contributed by atoms with Gasteiger partial charge in [0.05, 0.1) is 24.7 Å². The molecule has 0 aliphatic rings. The van der Waals surface area contributed by atoms with Crippen LogP contribution in [0.25, 0.3) is 0 Å². The highest BCUT2D eigenvalue weighted by Gasteiger charge is 1.98. The number of aliphatic hydroxyl groups excluding tert-OH is 1. The zero-order chi connectivity index (χ0) is 13.1. The summed E-state index contributed by atoms with van der Waals surface area (Å²) in [7, 11) is 0. The third-order valence-corrected chi connectivity index (χ3v) is 3.19. The van der Waals surface area contributed by atoms with Gasteiger partial charge in [0.2, 0.25) is 0 Å². The van der Waals surface area contributed by atoms with Crippen LogP contribution in [-0.4, -0.2) is 31.5 Å². The molecule has 0 saturated heterocycles. The lowest BCUT2D eigenvalue weighted by atomic mass is 10.4. The van der Waals surface area contributed by atoms with Gasteiger partial charge in [-0.2, -0.15) is 0 Å². The van der Waals surface area contributed by atoms with E-state index in [2.05, 4.69) is 18.8 Å². The molecule has 1 aromatic rings. The van der Waals surface area contributed by atoms with Gasteiger partial charge in [-0.05, 0) is 18.6 Å². The molecular weight excluding hydrogens is 248 g/mol. The largest absolute Gasteiger partial charge is 0.384 e. The second-order valence-electron chi connectivity index (χ2n) is 3.74. The second-order valence-corrected chi connectivity index (χ2v) is 4.91. The third kappa shape index (κ3) is 6.77. The van der Waals surface area contributed by atoms with Crippen molar-refractivity contribution in [2.24, 2.45) is 0 Å². The summed E-state index contributed by atoms with van der Waals surface area (Å²) in [5.41, 5.74) is 0. The summed E-state index contributed by atoms with van der Waals surface area (Å²) < 4.78 is 10.9. The standard InChI is InChI=1S/C14H20O3S/c1-2-3-9-16-10-11-17-12-14-7-6-13(18-14)5-4-8-15/h6-7,15H,2-3,8-12H2,1H3. The maximum atomic E-state index is 8.59. The van der Waals surface area contributed by atoms with Crippen molar-refractivity contribution in [2.75, 3.05) is 26.4 Å². The number of rotatable bonds is 8. The van der Waals surface area contributed by atoms with Gasteiger partial charge in [0.15, 0.2) is 0 Å². The second kappa shape index (κ2) is 10.1. The van der Waals surface area contributed by atoms with E-state index in [0.29, 0.717) is 19.8 Å². The van der Waals surface area contributed by atoms with Crippen molar-refractivity contribution < 1.29 is 14.6 Å². The van der Waals surface area contributed by atoms with E-state index in [9.17, 15) is 0 Å². The Balaban J connectivity index is 2.10. The molecule has 100 valence electrons. The minimum atomic E-state index is -0.0984. The van der Waals surface area contributed by atoms with Gasteiger partial charge in [0, 0.05) is 11.5 Å². The first-order chi connectivity index (χ1) is 8.86. The van der Waals surface area contributed by atoms with Crippen LogP contribution in [-0.2, 0) is 16.1 Å². The SMILES string of the molecule is CCCCOCCOCc1ccc(C#CCO)s1. The molecule has 0 aliphatic carbocycles. The van der Waals surface area contributed by atoms with Crippen LogP contribution in [0.1, 0.15) is 29.5 Å². The number of thiophene rings is 1. The van der Waals surface area contributed by atoms with E-state index in [1.807, 2.05) is 12.1 Å². The quantitative estimate of drug-likeness (QED) is 0.581. The molecule has 1 aromatic heterocycles. The minimum Gasteiger partial charge on any atom is -0.384 e. The molecule has 0 aromatic carbocycles. The fourth-order valence-electron chi connectivity index (χ4n) is 1.29. The Morgan fingerprint density at radius 1 is 1.22 bits per heavy atom. The summed E-state index contributed by atoms with van der Waals surface area (Å²) in [6.45, 7) is 4.75. The number of hydrogen-bond donors (Lipinski definition) is 1. The van der Waals surface area contributed by atoms with Gasteiger partial charge in [0.25, 0.3) is 0 Å². The van der Waals surface area contributed by atoms with Gasteiger partial charge in [-0.1, -0.05) is 25.2 Å². The summed E-state index contributed by atoms with van der Waals surface area (Å²) in [5.74, 6) is 5.51. The molecule has 1 heterocycles. The molecule has 0 saturated carbocycles.